The summed E-state index contributed by atoms with van der Waals surface area (Å²) < 4.78 is 0. The highest BCUT2D eigenvalue weighted by atomic mass is 35.5. The van der Waals surface area contributed by atoms with Crippen molar-refractivity contribution < 1.29 is 4.84 Å². The minimum Gasteiger partial charge on any atom is -0.384 e. The summed E-state index contributed by atoms with van der Waals surface area (Å²) in [4.78, 5) is 8.35. The quantitative estimate of drug-likeness (QED) is 0.544. The molecule has 5 heteroatoms. The lowest BCUT2D eigenvalue weighted by Crippen LogP contribution is -2.41. The number of anilines is 2. The highest BCUT2D eigenvalue weighted by molar-refractivity contribution is 6.36. The molecule has 1 aliphatic heterocycles. The summed E-state index contributed by atoms with van der Waals surface area (Å²) in [5, 5.41) is 3.13. The molecule has 2 aromatic rings. The van der Waals surface area contributed by atoms with Crippen LogP contribution in [0.5, 0.6) is 0 Å². The van der Waals surface area contributed by atoms with Crippen molar-refractivity contribution in [3.63, 3.8) is 0 Å². The number of benzene rings is 2. The second kappa shape index (κ2) is 7.65. The van der Waals surface area contributed by atoms with Gasteiger partial charge in [-0.25, -0.2) is 0 Å². The largest absolute Gasteiger partial charge is 0.384 e. The Balaban J connectivity index is 1.94. The highest BCUT2D eigenvalue weighted by Gasteiger charge is 2.31. The van der Waals surface area contributed by atoms with E-state index in [1.54, 1.807) is 0 Å². The van der Waals surface area contributed by atoms with E-state index in [9.17, 15) is 0 Å². The third-order valence-corrected chi connectivity index (χ3v) is 5.38. The van der Waals surface area contributed by atoms with Crippen LogP contribution in [0.4, 0.5) is 11.4 Å². The van der Waals surface area contributed by atoms with Gasteiger partial charge in [0.25, 0.3) is 0 Å². The molecule has 1 unspecified atom stereocenters. The zero-order chi connectivity index (χ0) is 19.8. The second-order valence-corrected chi connectivity index (χ2v) is 8.52. The van der Waals surface area contributed by atoms with E-state index >= 15 is 0 Å². The zero-order valence-electron chi connectivity index (χ0n) is 16.5. The van der Waals surface area contributed by atoms with Crippen LogP contribution in [0.2, 0.25) is 10.0 Å². The maximum atomic E-state index is 6.44. The smallest absolute Gasteiger partial charge is 0.127 e. The molecular weight excluding hydrogens is 379 g/mol. The molecule has 0 radical (unpaired) electrons. The molecule has 0 saturated carbocycles. The van der Waals surface area contributed by atoms with Gasteiger partial charge in [-0.05, 0) is 77.1 Å². The summed E-state index contributed by atoms with van der Waals surface area (Å²) in [6.07, 6.45) is 2.04. The Labute approximate surface area is 172 Å². The Morgan fingerprint density at radius 3 is 2.15 bits per heavy atom. The SMILES string of the molecule is CCN(c1ccc(N2OC(C)=CC2c2c(Cl)cccc2Cl)cc1)C(C)(C)C. The van der Waals surface area contributed by atoms with E-state index in [4.69, 9.17) is 28.0 Å². The van der Waals surface area contributed by atoms with Gasteiger partial charge in [-0.2, -0.15) is 5.06 Å². The fraction of sp³-hybridized carbons (Fsp3) is 0.364. The Morgan fingerprint density at radius 2 is 1.63 bits per heavy atom. The maximum Gasteiger partial charge on any atom is 0.127 e. The fourth-order valence-corrected chi connectivity index (χ4v) is 4.18. The molecule has 144 valence electrons. The van der Waals surface area contributed by atoms with Gasteiger partial charge < -0.3 is 9.74 Å². The van der Waals surface area contributed by atoms with Gasteiger partial charge in [-0.15, -0.1) is 0 Å². The number of hydrogen-bond donors (Lipinski definition) is 0. The van der Waals surface area contributed by atoms with Crippen LogP contribution >= 0.6 is 23.2 Å². The van der Waals surface area contributed by atoms with Crippen molar-refractivity contribution in [3.05, 3.63) is 69.9 Å². The third-order valence-electron chi connectivity index (χ3n) is 4.72. The molecule has 0 aliphatic carbocycles. The molecule has 1 atom stereocenters. The molecule has 3 nitrogen and oxygen atoms in total. The molecule has 0 saturated heterocycles. The maximum absolute atomic E-state index is 6.44. The van der Waals surface area contributed by atoms with Crippen molar-refractivity contribution in [2.24, 2.45) is 0 Å². The molecule has 27 heavy (non-hydrogen) atoms. The molecular formula is C22H26Cl2N2O. The van der Waals surface area contributed by atoms with E-state index in [-0.39, 0.29) is 11.6 Å². The average Bonchev–Trinajstić information content (AvgIpc) is 2.96. The lowest BCUT2D eigenvalue weighted by molar-refractivity contribution is 0.196. The van der Waals surface area contributed by atoms with Crippen molar-refractivity contribution in [2.45, 2.75) is 46.2 Å². The van der Waals surface area contributed by atoms with Crippen LogP contribution in [0.25, 0.3) is 0 Å². The lowest BCUT2D eigenvalue weighted by atomic mass is 10.0. The molecule has 2 aromatic carbocycles. The predicted molar refractivity (Wildman–Crippen MR) is 116 cm³/mol. The summed E-state index contributed by atoms with van der Waals surface area (Å²) in [5.41, 5.74) is 3.06. The van der Waals surface area contributed by atoms with Gasteiger partial charge in [-0.1, -0.05) is 29.3 Å². The number of allylic oxidation sites excluding steroid dienone is 1. The summed E-state index contributed by atoms with van der Waals surface area (Å²) in [6.45, 7) is 11.7. The molecule has 3 rings (SSSR count). The van der Waals surface area contributed by atoms with Crippen LogP contribution < -0.4 is 9.96 Å². The van der Waals surface area contributed by atoms with Gasteiger partial charge in [-0.3, -0.25) is 0 Å². The first-order chi connectivity index (χ1) is 12.7. The highest BCUT2D eigenvalue weighted by Crippen LogP contribution is 2.41. The van der Waals surface area contributed by atoms with Crippen LogP contribution in [0.3, 0.4) is 0 Å². The van der Waals surface area contributed by atoms with Crippen molar-refractivity contribution in [1.29, 1.82) is 0 Å². The van der Waals surface area contributed by atoms with Crippen molar-refractivity contribution in [1.82, 2.24) is 0 Å². The second-order valence-electron chi connectivity index (χ2n) is 7.71. The molecule has 0 bridgehead atoms. The zero-order valence-corrected chi connectivity index (χ0v) is 18.0. The molecule has 0 fully saturated rings. The summed E-state index contributed by atoms with van der Waals surface area (Å²) in [7, 11) is 0. The molecule has 0 N–H and O–H groups in total. The van der Waals surface area contributed by atoms with Crippen LogP contribution in [-0.2, 0) is 4.84 Å². The number of hydrogen-bond acceptors (Lipinski definition) is 3. The monoisotopic (exact) mass is 404 g/mol. The summed E-state index contributed by atoms with van der Waals surface area (Å²) >= 11 is 12.9. The van der Waals surface area contributed by atoms with Gasteiger partial charge in [0.05, 0.1) is 5.69 Å². The van der Waals surface area contributed by atoms with E-state index in [0.29, 0.717) is 10.0 Å². The van der Waals surface area contributed by atoms with Crippen molar-refractivity contribution >= 4 is 34.6 Å². The Morgan fingerprint density at radius 1 is 1.04 bits per heavy atom. The summed E-state index contributed by atoms with van der Waals surface area (Å²) in [5.74, 6) is 0.824. The Kier molecular flexibility index (Phi) is 5.64. The number of halogens is 2. The van der Waals surface area contributed by atoms with E-state index in [2.05, 4.69) is 56.9 Å². The topological polar surface area (TPSA) is 15.7 Å². The summed E-state index contributed by atoms with van der Waals surface area (Å²) in [6, 6.07) is 13.8. The first kappa shape index (κ1) is 19.9. The molecule has 0 aromatic heterocycles. The molecule has 0 spiro atoms. The molecule has 0 amide bonds. The molecule has 1 aliphatic rings. The van der Waals surface area contributed by atoms with Crippen molar-refractivity contribution in [3.8, 4) is 0 Å². The van der Waals surface area contributed by atoms with E-state index < -0.39 is 0 Å². The van der Waals surface area contributed by atoms with Crippen LogP contribution in [0.15, 0.2) is 54.3 Å². The number of hydroxylamine groups is 1. The van der Waals surface area contributed by atoms with Crippen LogP contribution in [-0.4, -0.2) is 12.1 Å². The molecule has 1 heterocycles. The van der Waals surface area contributed by atoms with Gasteiger partial charge >= 0.3 is 0 Å². The third kappa shape index (κ3) is 4.04. The van der Waals surface area contributed by atoms with Crippen molar-refractivity contribution in [2.75, 3.05) is 16.5 Å². The van der Waals surface area contributed by atoms with Gasteiger partial charge in [0.2, 0.25) is 0 Å². The standard InChI is InChI=1S/C22H26Cl2N2O/c1-6-25(22(3,4)5)16-10-12-17(13-11-16)26-20(14-15(2)27-26)21-18(23)8-7-9-19(21)24/h7-14,20H,6H2,1-5H3. The normalized spacial score (nSPS) is 16.9. The van der Waals surface area contributed by atoms with Crippen LogP contribution in [0, 0.1) is 0 Å². The fourth-order valence-electron chi connectivity index (χ4n) is 3.56. The first-order valence-electron chi connectivity index (χ1n) is 9.19. The Hall–Kier alpha value is -1.84. The van der Waals surface area contributed by atoms with E-state index in [0.717, 1.165) is 23.6 Å². The predicted octanol–water partition coefficient (Wildman–Crippen LogP) is 7.01. The van der Waals surface area contributed by atoms with Gasteiger partial charge in [0.15, 0.2) is 0 Å². The van der Waals surface area contributed by atoms with Gasteiger partial charge in [0, 0.05) is 33.4 Å². The van der Waals surface area contributed by atoms with E-state index in [1.807, 2.05) is 36.3 Å². The lowest BCUT2D eigenvalue weighted by Gasteiger charge is -2.37. The Bertz CT molecular complexity index is 820. The van der Waals surface area contributed by atoms with E-state index in [1.165, 1.54) is 5.69 Å². The van der Waals surface area contributed by atoms with Gasteiger partial charge in [0.1, 0.15) is 11.8 Å². The van der Waals surface area contributed by atoms with Crippen LogP contribution in [0.1, 0.15) is 46.2 Å². The average molecular weight is 405 g/mol. The minimum atomic E-state index is -0.165. The minimum absolute atomic E-state index is 0.0617. The number of nitrogens with zero attached hydrogens (tertiary/aromatic N) is 2. The first-order valence-corrected chi connectivity index (χ1v) is 9.95. The number of rotatable bonds is 4.